The second kappa shape index (κ2) is 6.63. The number of aromatic nitrogens is 2. The fraction of sp³-hybridized carbons (Fsp3) is 0.500. The third kappa shape index (κ3) is 3.60. The van der Waals surface area contributed by atoms with Crippen molar-refractivity contribution in [3.8, 4) is 0 Å². The Morgan fingerprint density at radius 1 is 1.22 bits per heavy atom. The topological polar surface area (TPSA) is 52.2 Å². The van der Waals surface area contributed by atoms with E-state index in [0.717, 1.165) is 55.8 Å². The SMILES string of the molecule is Cc1n[nH]c(C)c1CCN1CCC(O)(c2ccc(Cl)cc2)CC1. The first-order chi connectivity index (χ1) is 11.0. The molecule has 0 aliphatic carbocycles. The van der Waals surface area contributed by atoms with Crippen LogP contribution in [0.3, 0.4) is 0 Å². The summed E-state index contributed by atoms with van der Waals surface area (Å²) in [5.41, 5.74) is 3.84. The summed E-state index contributed by atoms with van der Waals surface area (Å²) < 4.78 is 0. The summed E-state index contributed by atoms with van der Waals surface area (Å²) in [5, 5.41) is 18.9. The van der Waals surface area contributed by atoms with Gasteiger partial charge in [0.25, 0.3) is 0 Å². The van der Waals surface area contributed by atoms with Crippen LogP contribution in [-0.4, -0.2) is 39.8 Å². The van der Waals surface area contributed by atoms with Crippen LogP contribution >= 0.6 is 11.6 Å². The molecule has 124 valence electrons. The second-order valence-corrected chi connectivity index (χ2v) is 6.98. The first-order valence-corrected chi connectivity index (χ1v) is 8.57. The number of nitrogens with one attached hydrogen (secondary N) is 1. The zero-order chi connectivity index (χ0) is 16.4. The van der Waals surface area contributed by atoms with Crippen LogP contribution in [0.15, 0.2) is 24.3 Å². The van der Waals surface area contributed by atoms with Crippen molar-refractivity contribution in [2.75, 3.05) is 19.6 Å². The Kier molecular flexibility index (Phi) is 4.76. The fourth-order valence-electron chi connectivity index (χ4n) is 3.41. The maximum atomic E-state index is 10.9. The lowest BCUT2D eigenvalue weighted by molar-refractivity contribution is -0.0255. The van der Waals surface area contributed by atoms with Crippen LogP contribution in [0.2, 0.25) is 5.02 Å². The Labute approximate surface area is 142 Å². The first kappa shape index (κ1) is 16.5. The molecule has 2 N–H and O–H groups in total. The standard InChI is InChI=1S/C18H24ClN3O/c1-13-17(14(2)21-20-13)7-10-22-11-8-18(23,9-12-22)15-3-5-16(19)6-4-15/h3-6,23H,7-12H2,1-2H3,(H,20,21). The number of halogens is 1. The Bertz CT molecular complexity index is 638. The maximum absolute atomic E-state index is 10.9. The van der Waals surface area contributed by atoms with Crippen LogP contribution in [0.1, 0.15) is 35.4 Å². The molecule has 0 atom stereocenters. The quantitative estimate of drug-likeness (QED) is 0.903. The summed E-state index contributed by atoms with van der Waals surface area (Å²) in [5.74, 6) is 0. The minimum absolute atomic E-state index is 0.709. The maximum Gasteiger partial charge on any atom is 0.0920 e. The third-order valence-electron chi connectivity index (χ3n) is 5.02. The number of hydrogen-bond acceptors (Lipinski definition) is 3. The average molecular weight is 334 g/mol. The smallest absolute Gasteiger partial charge is 0.0920 e. The van der Waals surface area contributed by atoms with Crippen molar-refractivity contribution < 1.29 is 5.11 Å². The van der Waals surface area contributed by atoms with Crippen LogP contribution in [-0.2, 0) is 12.0 Å². The third-order valence-corrected chi connectivity index (χ3v) is 5.28. The number of benzene rings is 1. The van der Waals surface area contributed by atoms with Gasteiger partial charge in [-0.05, 0) is 56.4 Å². The summed E-state index contributed by atoms with van der Waals surface area (Å²) in [7, 11) is 0. The molecule has 1 saturated heterocycles. The molecule has 1 fully saturated rings. The predicted octanol–water partition coefficient (Wildman–Crippen LogP) is 3.21. The van der Waals surface area contributed by atoms with Gasteiger partial charge < -0.3 is 10.0 Å². The minimum Gasteiger partial charge on any atom is -0.385 e. The van der Waals surface area contributed by atoms with E-state index in [1.807, 2.05) is 31.2 Å². The van der Waals surface area contributed by atoms with Crippen LogP contribution < -0.4 is 0 Å². The average Bonchev–Trinajstić information content (AvgIpc) is 2.86. The molecule has 2 heterocycles. The zero-order valence-electron chi connectivity index (χ0n) is 13.8. The molecule has 0 saturated carbocycles. The molecular weight excluding hydrogens is 310 g/mol. The molecule has 4 nitrogen and oxygen atoms in total. The molecule has 1 aliphatic rings. The number of aryl methyl sites for hydroxylation is 2. The number of aliphatic hydroxyl groups is 1. The Hall–Kier alpha value is -1.36. The highest BCUT2D eigenvalue weighted by Gasteiger charge is 2.33. The van der Waals surface area contributed by atoms with E-state index in [1.165, 1.54) is 5.56 Å². The number of hydrogen-bond donors (Lipinski definition) is 2. The molecule has 1 aromatic carbocycles. The summed E-state index contributed by atoms with van der Waals surface area (Å²) in [6.07, 6.45) is 2.53. The van der Waals surface area contributed by atoms with Crippen molar-refractivity contribution in [3.63, 3.8) is 0 Å². The van der Waals surface area contributed by atoms with Crippen molar-refractivity contribution in [1.29, 1.82) is 0 Å². The number of rotatable bonds is 4. The summed E-state index contributed by atoms with van der Waals surface area (Å²) in [4.78, 5) is 2.43. The zero-order valence-corrected chi connectivity index (χ0v) is 14.5. The van der Waals surface area contributed by atoms with Gasteiger partial charge in [0.05, 0.1) is 11.3 Å². The van der Waals surface area contributed by atoms with Crippen LogP contribution in [0.5, 0.6) is 0 Å². The number of nitrogens with zero attached hydrogens (tertiary/aromatic N) is 2. The molecule has 0 unspecified atom stereocenters. The van der Waals surface area contributed by atoms with Gasteiger partial charge in [0.1, 0.15) is 0 Å². The van der Waals surface area contributed by atoms with Gasteiger partial charge >= 0.3 is 0 Å². The highest BCUT2D eigenvalue weighted by atomic mass is 35.5. The van der Waals surface area contributed by atoms with Crippen LogP contribution in [0.25, 0.3) is 0 Å². The molecule has 0 spiro atoms. The Morgan fingerprint density at radius 2 is 1.87 bits per heavy atom. The number of likely N-dealkylation sites (tertiary alicyclic amines) is 1. The summed E-state index contributed by atoms with van der Waals surface area (Å²) in [6, 6.07) is 7.59. The van der Waals surface area contributed by atoms with Gasteiger partial charge in [-0.25, -0.2) is 0 Å². The van der Waals surface area contributed by atoms with Gasteiger partial charge in [-0.1, -0.05) is 23.7 Å². The van der Waals surface area contributed by atoms with Crippen molar-refractivity contribution in [2.24, 2.45) is 0 Å². The van der Waals surface area contributed by atoms with E-state index in [9.17, 15) is 5.11 Å². The van der Waals surface area contributed by atoms with E-state index in [2.05, 4.69) is 22.0 Å². The van der Waals surface area contributed by atoms with Gasteiger partial charge in [0.2, 0.25) is 0 Å². The first-order valence-electron chi connectivity index (χ1n) is 8.19. The van der Waals surface area contributed by atoms with Crippen molar-refractivity contribution in [3.05, 3.63) is 51.8 Å². The van der Waals surface area contributed by atoms with Crippen molar-refractivity contribution >= 4 is 11.6 Å². The second-order valence-electron chi connectivity index (χ2n) is 6.54. The minimum atomic E-state index is -0.720. The highest BCUT2D eigenvalue weighted by molar-refractivity contribution is 6.30. The van der Waals surface area contributed by atoms with Gasteiger partial charge in [0.15, 0.2) is 0 Å². The van der Waals surface area contributed by atoms with Gasteiger partial charge in [-0.2, -0.15) is 5.10 Å². The molecule has 2 aromatic rings. The Balaban J connectivity index is 1.57. The van der Waals surface area contributed by atoms with E-state index in [4.69, 9.17) is 11.6 Å². The van der Waals surface area contributed by atoms with Gasteiger partial charge in [0, 0.05) is 30.4 Å². The summed E-state index contributed by atoms with van der Waals surface area (Å²) in [6.45, 7) is 6.96. The molecule has 0 bridgehead atoms. The van der Waals surface area contributed by atoms with Gasteiger partial charge in [-0.3, -0.25) is 5.10 Å². The van der Waals surface area contributed by atoms with Gasteiger partial charge in [-0.15, -0.1) is 0 Å². The summed E-state index contributed by atoms with van der Waals surface area (Å²) >= 11 is 5.94. The molecular formula is C18H24ClN3O. The van der Waals surface area contributed by atoms with E-state index in [0.29, 0.717) is 5.02 Å². The number of aromatic amines is 1. The van der Waals surface area contributed by atoms with E-state index < -0.39 is 5.60 Å². The number of piperidine rings is 1. The normalized spacial score (nSPS) is 18.3. The number of H-pyrrole nitrogens is 1. The fourth-order valence-corrected chi connectivity index (χ4v) is 3.53. The van der Waals surface area contributed by atoms with Crippen LogP contribution in [0.4, 0.5) is 0 Å². The molecule has 23 heavy (non-hydrogen) atoms. The van der Waals surface area contributed by atoms with Crippen LogP contribution in [0, 0.1) is 13.8 Å². The van der Waals surface area contributed by atoms with E-state index in [1.54, 1.807) is 0 Å². The lowest BCUT2D eigenvalue weighted by Gasteiger charge is -2.38. The monoisotopic (exact) mass is 333 g/mol. The van der Waals surface area contributed by atoms with E-state index >= 15 is 0 Å². The largest absolute Gasteiger partial charge is 0.385 e. The molecule has 3 rings (SSSR count). The molecule has 1 aliphatic heterocycles. The molecule has 0 radical (unpaired) electrons. The molecule has 5 heteroatoms. The van der Waals surface area contributed by atoms with E-state index in [-0.39, 0.29) is 0 Å². The van der Waals surface area contributed by atoms with Crippen molar-refractivity contribution in [2.45, 2.75) is 38.7 Å². The molecule has 1 aromatic heterocycles. The predicted molar refractivity (Wildman–Crippen MR) is 92.8 cm³/mol. The van der Waals surface area contributed by atoms with Crippen molar-refractivity contribution in [1.82, 2.24) is 15.1 Å². The lowest BCUT2D eigenvalue weighted by Crippen LogP contribution is -2.43. The lowest BCUT2D eigenvalue weighted by atomic mass is 9.84. The highest BCUT2D eigenvalue weighted by Crippen LogP contribution is 2.33. The Morgan fingerprint density at radius 3 is 2.43 bits per heavy atom. The molecule has 0 amide bonds.